The fourth-order valence-electron chi connectivity index (χ4n) is 2.88. The molecule has 18 heavy (non-hydrogen) atoms. The lowest BCUT2D eigenvalue weighted by Crippen LogP contribution is -2.36. The second-order valence-electron chi connectivity index (χ2n) is 5.26. The Morgan fingerprint density at radius 3 is 2.61 bits per heavy atom. The molecule has 3 rings (SSSR count). The van der Waals surface area contributed by atoms with E-state index in [1.54, 1.807) is 0 Å². The lowest BCUT2D eigenvalue weighted by atomic mass is 10.0. The number of nitrogens with one attached hydrogen (secondary N) is 1. The van der Waals surface area contributed by atoms with Crippen LogP contribution in [0.4, 0.5) is 5.69 Å². The summed E-state index contributed by atoms with van der Waals surface area (Å²) in [5.41, 5.74) is 2.79. The van der Waals surface area contributed by atoms with Gasteiger partial charge in [-0.3, -0.25) is 0 Å². The number of nitrogens with zero attached hydrogens (tertiary/aromatic N) is 1. The topological polar surface area (TPSA) is 24.5 Å². The van der Waals surface area contributed by atoms with E-state index >= 15 is 0 Å². The average Bonchev–Trinajstić information content (AvgIpc) is 2.94. The first-order valence-electron chi connectivity index (χ1n) is 7.07. The number of benzene rings is 1. The molecule has 0 aliphatic carbocycles. The van der Waals surface area contributed by atoms with E-state index in [0.717, 1.165) is 26.3 Å². The van der Waals surface area contributed by atoms with Gasteiger partial charge >= 0.3 is 0 Å². The third-order valence-electron chi connectivity index (χ3n) is 3.96. The number of hydrogen-bond donors (Lipinski definition) is 1. The summed E-state index contributed by atoms with van der Waals surface area (Å²) in [4.78, 5) is 2.40. The van der Waals surface area contributed by atoms with Crippen LogP contribution in [0.3, 0.4) is 0 Å². The van der Waals surface area contributed by atoms with E-state index in [4.69, 9.17) is 4.74 Å². The summed E-state index contributed by atoms with van der Waals surface area (Å²) in [6, 6.07) is 9.78. The Kier molecular flexibility index (Phi) is 3.81. The predicted molar refractivity (Wildman–Crippen MR) is 74.2 cm³/mol. The Bertz CT molecular complexity index is 365. The van der Waals surface area contributed by atoms with Crippen LogP contribution in [0.15, 0.2) is 24.3 Å². The molecule has 2 saturated heterocycles. The summed E-state index contributed by atoms with van der Waals surface area (Å²) in [6.45, 7) is 4.94. The molecule has 0 amide bonds. The highest BCUT2D eigenvalue weighted by Gasteiger charge is 2.15. The smallest absolute Gasteiger partial charge is 0.0642 e. The van der Waals surface area contributed by atoms with Gasteiger partial charge in [-0.05, 0) is 43.5 Å². The van der Waals surface area contributed by atoms with Crippen molar-refractivity contribution in [1.29, 1.82) is 0 Å². The average molecular weight is 246 g/mol. The first kappa shape index (κ1) is 12.0. The summed E-state index contributed by atoms with van der Waals surface area (Å²) >= 11 is 0. The predicted octanol–water partition coefficient (Wildman–Crippen LogP) is 1.82. The van der Waals surface area contributed by atoms with E-state index in [0.29, 0.717) is 6.04 Å². The summed E-state index contributed by atoms with van der Waals surface area (Å²) in [5, 5.41) is 3.56. The Hall–Kier alpha value is -1.06. The van der Waals surface area contributed by atoms with Crippen molar-refractivity contribution < 1.29 is 4.74 Å². The van der Waals surface area contributed by atoms with E-state index < -0.39 is 0 Å². The minimum atomic E-state index is 0.694. The van der Waals surface area contributed by atoms with Crippen LogP contribution in [0, 0.1) is 0 Å². The first-order chi connectivity index (χ1) is 8.92. The summed E-state index contributed by atoms with van der Waals surface area (Å²) < 4.78 is 5.38. The second-order valence-corrected chi connectivity index (χ2v) is 5.26. The molecule has 2 aliphatic heterocycles. The van der Waals surface area contributed by atoms with Gasteiger partial charge in [0.05, 0.1) is 13.2 Å². The molecule has 1 atom stereocenters. The molecule has 0 aromatic heterocycles. The van der Waals surface area contributed by atoms with Crippen molar-refractivity contribution in [2.75, 3.05) is 37.7 Å². The Morgan fingerprint density at radius 2 is 1.94 bits per heavy atom. The van der Waals surface area contributed by atoms with Crippen molar-refractivity contribution in [1.82, 2.24) is 5.32 Å². The molecule has 0 radical (unpaired) electrons. The van der Waals surface area contributed by atoms with Gasteiger partial charge in [-0.1, -0.05) is 12.1 Å². The van der Waals surface area contributed by atoms with Gasteiger partial charge in [0.1, 0.15) is 0 Å². The molecular formula is C15H22N2O. The first-order valence-corrected chi connectivity index (χ1v) is 7.07. The third kappa shape index (κ3) is 2.85. The zero-order valence-corrected chi connectivity index (χ0v) is 10.9. The lowest BCUT2D eigenvalue weighted by molar-refractivity contribution is 0.122. The highest BCUT2D eigenvalue weighted by atomic mass is 16.5. The molecule has 1 aromatic carbocycles. The largest absolute Gasteiger partial charge is 0.378 e. The number of morpholine rings is 1. The normalized spacial score (nSPS) is 24.4. The number of anilines is 1. The van der Waals surface area contributed by atoms with Crippen LogP contribution in [-0.2, 0) is 11.2 Å². The monoisotopic (exact) mass is 246 g/mol. The maximum absolute atomic E-state index is 5.38. The van der Waals surface area contributed by atoms with Crippen LogP contribution in [0.1, 0.15) is 18.4 Å². The van der Waals surface area contributed by atoms with Gasteiger partial charge < -0.3 is 15.0 Å². The Balaban J connectivity index is 1.60. The quantitative estimate of drug-likeness (QED) is 0.880. The van der Waals surface area contributed by atoms with Crippen LogP contribution in [0.25, 0.3) is 0 Å². The molecule has 0 saturated carbocycles. The molecule has 2 fully saturated rings. The molecule has 1 aromatic rings. The van der Waals surface area contributed by atoms with Crippen molar-refractivity contribution in [3.05, 3.63) is 29.8 Å². The van der Waals surface area contributed by atoms with Gasteiger partial charge in [-0.2, -0.15) is 0 Å². The number of hydrogen-bond acceptors (Lipinski definition) is 3. The van der Waals surface area contributed by atoms with Crippen molar-refractivity contribution in [3.8, 4) is 0 Å². The van der Waals surface area contributed by atoms with Gasteiger partial charge in [0.25, 0.3) is 0 Å². The van der Waals surface area contributed by atoms with Gasteiger partial charge in [-0.15, -0.1) is 0 Å². The molecule has 2 aliphatic rings. The molecule has 1 unspecified atom stereocenters. The molecule has 2 heterocycles. The van der Waals surface area contributed by atoms with E-state index in [1.165, 1.54) is 37.1 Å². The zero-order chi connectivity index (χ0) is 12.2. The van der Waals surface area contributed by atoms with E-state index in [9.17, 15) is 0 Å². The molecule has 3 heteroatoms. The highest BCUT2D eigenvalue weighted by molar-refractivity contribution is 5.48. The van der Waals surface area contributed by atoms with Crippen LogP contribution in [0.2, 0.25) is 0 Å². The number of ether oxygens (including phenoxy) is 1. The van der Waals surface area contributed by atoms with Crippen molar-refractivity contribution in [3.63, 3.8) is 0 Å². The van der Waals surface area contributed by atoms with Gasteiger partial charge in [-0.25, -0.2) is 0 Å². The van der Waals surface area contributed by atoms with Crippen LogP contribution < -0.4 is 10.2 Å². The molecule has 0 bridgehead atoms. The molecule has 0 spiro atoms. The molecule has 3 nitrogen and oxygen atoms in total. The molecule has 1 N–H and O–H groups in total. The maximum Gasteiger partial charge on any atom is 0.0642 e. The zero-order valence-electron chi connectivity index (χ0n) is 10.9. The SMILES string of the molecule is c1cc(N2CCOCC2)ccc1CC1CCCN1. The lowest BCUT2D eigenvalue weighted by Gasteiger charge is -2.29. The minimum Gasteiger partial charge on any atom is -0.378 e. The van der Waals surface area contributed by atoms with Crippen LogP contribution in [0.5, 0.6) is 0 Å². The summed E-state index contributed by atoms with van der Waals surface area (Å²) in [5.74, 6) is 0. The maximum atomic E-state index is 5.38. The van der Waals surface area contributed by atoms with E-state index in [-0.39, 0.29) is 0 Å². The molecule has 98 valence electrons. The van der Waals surface area contributed by atoms with Gasteiger partial charge in [0, 0.05) is 24.8 Å². The third-order valence-corrected chi connectivity index (χ3v) is 3.96. The molecular weight excluding hydrogens is 224 g/mol. The van der Waals surface area contributed by atoms with Crippen LogP contribution in [-0.4, -0.2) is 38.9 Å². The van der Waals surface area contributed by atoms with Gasteiger partial charge in [0.2, 0.25) is 0 Å². The van der Waals surface area contributed by atoms with Crippen LogP contribution >= 0.6 is 0 Å². The fraction of sp³-hybridized carbons (Fsp3) is 0.600. The number of rotatable bonds is 3. The van der Waals surface area contributed by atoms with Gasteiger partial charge in [0.15, 0.2) is 0 Å². The fourth-order valence-corrected chi connectivity index (χ4v) is 2.88. The van der Waals surface area contributed by atoms with Crippen molar-refractivity contribution in [2.24, 2.45) is 0 Å². The standard InChI is InChI=1S/C15H22N2O/c1-2-14(16-7-1)12-13-3-5-15(6-4-13)17-8-10-18-11-9-17/h3-6,14,16H,1-2,7-12H2. The van der Waals surface area contributed by atoms with E-state index in [1.807, 2.05) is 0 Å². The van der Waals surface area contributed by atoms with Crippen molar-refractivity contribution in [2.45, 2.75) is 25.3 Å². The Morgan fingerprint density at radius 1 is 1.17 bits per heavy atom. The summed E-state index contributed by atoms with van der Waals surface area (Å²) in [7, 11) is 0. The van der Waals surface area contributed by atoms with Crippen molar-refractivity contribution >= 4 is 5.69 Å². The van der Waals surface area contributed by atoms with E-state index in [2.05, 4.69) is 34.5 Å². The highest BCUT2D eigenvalue weighted by Crippen LogP contribution is 2.18. The summed E-state index contributed by atoms with van der Waals surface area (Å²) in [6.07, 6.45) is 3.82. The minimum absolute atomic E-state index is 0.694. The second kappa shape index (κ2) is 5.72. The Labute approximate surface area is 109 Å².